The molecule has 4 nitrogen and oxygen atoms in total. The van der Waals surface area contributed by atoms with Gasteiger partial charge < -0.3 is 9.92 Å². The molecule has 2 aromatic rings. The van der Waals surface area contributed by atoms with Gasteiger partial charge in [-0.25, -0.2) is 0 Å². The summed E-state index contributed by atoms with van der Waals surface area (Å²) in [6, 6.07) is 13.1. The first-order valence-corrected chi connectivity index (χ1v) is 7.99. The monoisotopic (exact) mass is 389 g/mol. The number of benzene rings is 2. The average Bonchev–Trinajstić information content (AvgIpc) is 2.40. The van der Waals surface area contributed by atoms with E-state index in [-0.39, 0.29) is 10.6 Å². The molecule has 0 amide bonds. The zero-order chi connectivity index (χ0) is 13.9. The third-order valence-electron chi connectivity index (χ3n) is 2.47. The summed E-state index contributed by atoms with van der Waals surface area (Å²) in [5, 5.41) is 0. The summed E-state index contributed by atoms with van der Waals surface area (Å²) in [5.41, 5.74) is 6.39. The van der Waals surface area contributed by atoms with E-state index in [1.54, 1.807) is 36.4 Å². The molecular formula is C13H12INO3S. The number of rotatable bonds is 4. The quantitative estimate of drug-likeness (QED) is 0.645. The Labute approximate surface area is 125 Å². The number of hydrogen-bond acceptors (Lipinski definition) is 4. The van der Waals surface area contributed by atoms with Crippen molar-refractivity contribution in [3.05, 3.63) is 57.7 Å². The predicted molar refractivity (Wildman–Crippen MR) is 81.3 cm³/mol. The van der Waals surface area contributed by atoms with Gasteiger partial charge in [-0.05, 0) is 64.6 Å². The van der Waals surface area contributed by atoms with E-state index in [1.807, 2.05) is 0 Å². The zero-order valence-electron chi connectivity index (χ0n) is 9.91. The van der Waals surface area contributed by atoms with Gasteiger partial charge in [-0.3, -0.25) is 0 Å². The van der Waals surface area contributed by atoms with Crippen LogP contribution in [-0.4, -0.2) is 8.42 Å². The summed E-state index contributed by atoms with van der Waals surface area (Å²) < 4.78 is 30.1. The molecule has 0 aliphatic heterocycles. The molecule has 0 aliphatic carbocycles. The molecule has 0 aromatic heterocycles. The Bertz CT molecular complexity index is 651. The second-order valence-corrected chi connectivity index (χ2v) is 6.63. The molecule has 0 aliphatic rings. The lowest BCUT2D eigenvalue weighted by molar-refractivity contribution is 0.486. The molecule has 100 valence electrons. The minimum Gasteiger partial charge on any atom is -0.379 e. The minimum atomic E-state index is -3.78. The number of halogens is 1. The van der Waals surface area contributed by atoms with E-state index >= 15 is 0 Å². The molecule has 0 atom stereocenters. The molecule has 6 heteroatoms. The molecule has 0 heterocycles. The summed E-state index contributed by atoms with van der Waals surface area (Å²) in [6.07, 6.45) is 0. The summed E-state index contributed by atoms with van der Waals surface area (Å²) in [7, 11) is -3.78. The minimum absolute atomic E-state index is 0.135. The van der Waals surface area contributed by atoms with Gasteiger partial charge in [0, 0.05) is 10.1 Å². The highest BCUT2D eigenvalue weighted by atomic mass is 127. The Morgan fingerprint density at radius 2 is 1.58 bits per heavy atom. The van der Waals surface area contributed by atoms with Gasteiger partial charge in [0.15, 0.2) is 0 Å². The van der Waals surface area contributed by atoms with Crippen LogP contribution in [0.3, 0.4) is 0 Å². The van der Waals surface area contributed by atoms with Crippen molar-refractivity contribution in [2.75, 3.05) is 0 Å². The molecule has 19 heavy (non-hydrogen) atoms. The molecule has 2 N–H and O–H groups in total. The zero-order valence-corrected chi connectivity index (χ0v) is 12.9. The third kappa shape index (κ3) is 3.68. The molecule has 2 rings (SSSR count). The van der Waals surface area contributed by atoms with Gasteiger partial charge in [-0.15, -0.1) is 0 Å². The maximum Gasteiger partial charge on any atom is 0.339 e. The molecule has 0 spiro atoms. The molecule has 0 radical (unpaired) electrons. The fourth-order valence-corrected chi connectivity index (χ4v) is 2.75. The SMILES string of the molecule is NCc1ccc(OS(=O)(=O)c2ccc(I)cc2)cc1. The van der Waals surface area contributed by atoms with E-state index in [2.05, 4.69) is 22.6 Å². The Kier molecular flexibility index (Phi) is 4.43. The van der Waals surface area contributed by atoms with Crippen molar-refractivity contribution in [1.82, 2.24) is 0 Å². The second-order valence-electron chi connectivity index (χ2n) is 3.84. The van der Waals surface area contributed by atoms with Crippen molar-refractivity contribution in [3.8, 4) is 5.75 Å². The summed E-state index contributed by atoms with van der Waals surface area (Å²) in [4.78, 5) is 0.135. The molecule has 0 bridgehead atoms. The van der Waals surface area contributed by atoms with Crippen LogP contribution in [0.4, 0.5) is 0 Å². The van der Waals surface area contributed by atoms with Gasteiger partial charge in [0.25, 0.3) is 0 Å². The van der Waals surface area contributed by atoms with Crippen molar-refractivity contribution in [2.45, 2.75) is 11.4 Å². The molecule has 0 unspecified atom stereocenters. The van der Waals surface area contributed by atoms with Gasteiger partial charge in [0.05, 0.1) is 0 Å². The van der Waals surface area contributed by atoms with Crippen LogP contribution in [0.2, 0.25) is 0 Å². The average molecular weight is 389 g/mol. The van der Waals surface area contributed by atoms with Crippen molar-refractivity contribution < 1.29 is 12.6 Å². The number of hydrogen-bond donors (Lipinski definition) is 1. The molecule has 0 fully saturated rings. The van der Waals surface area contributed by atoms with E-state index < -0.39 is 10.1 Å². The van der Waals surface area contributed by atoms with Crippen LogP contribution in [-0.2, 0) is 16.7 Å². The van der Waals surface area contributed by atoms with E-state index in [0.29, 0.717) is 6.54 Å². The largest absolute Gasteiger partial charge is 0.379 e. The van der Waals surface area contributed by atoms with Crippen LogP contribution in [0.1, 0.15) is 5.56 Å². The van der Waals surface area contributed by atoms with Gasteiger partial charge in [-0.2, -0.15) is 8.42 Å². The third-order valence-corrected chi connectivity index (χ3v) is 4.45. The van der Waals surface area contributed by atoms with E-state index in [1.165, 1.54) is 12.1 Å². The van der Waals surface area contributed by atoms with Crippen LogP contribution in [0.5, 0.6) is 5.75 Å². The van der Waals surface area contributed by atoms with Gasteiger partial charge in [0.2, 0.25) is 0 Å². The Balaban J connectivity index is 2.23. The molecule has 0 saturated heterocycles. The lowest BCUT2D eigenvalue weighted by atomic mass is 10.2. The topological polar surface area (TPSA) is 69.4 Å². The Morgan fingerprint density at radius 1 is 1.00 bits per heavy atom. The van der Waals surface area contributed by atoms with E-state index in [4.69, 9.17) is 9.92 Å². The Morgan fingerprint density at radius 3 is 2.11 bits per heavy atom. The first kappa shape index (κ1) is 14.3. The summed E-state index contributed by atoms with van der Waals surface area (Å²) in [6.45, 7) is 0.407. The summed E-state index contributed by atoms with van der Waals surface area (Å²) >= 11 is 2.11. The van der Waals surface area contributed by atoms with Gasteiger partial charge >= 0.3 is 10.1 Å². The van der Waals surface area contributed by atoms with Crippen molar-refractivity contribution >= 4 is 32.7 Å². The van der Waals surface area contributed by atoms with Gasteiger partial charge in [-0.1, -0.05) is 12.1 Å². The fraction of sp³-hybridized carbons (Fsp3) is 0.0769. The summed E-state index contributed by atoms with van der Waals surface area (Å²) in [5.74, 6) is 0.274. The number of nitrogens with two attached hydrogens (primary N) is 1. The highest BCUT2D eigenvalue weighted by Crippen LogP contribution is 2.19. The van der Waals surface area contributed by atoms with E-state index in [9.17, 15) is 8.42 Å². The second kappa shape index (κ2) is 5.89. The van der Waals surface area contributed by atoms with Crippen LogP contribution in [0, 0.1) is 3.57 Å². The van der Waals surface area contributed by atoms with Crippen molar-refractivity contribution in [3.63, 3.8) is 0 Å². The maximum atomic E-state index is 12.0. The molecule has 0 saturated carbocycles. The van der Waals surface area contributed by atoms with Crippen LogP contribution in [0.25, 0.3) is 0 Å². The van der Waals surface area contributed by atoms with Crippen LogP contribution in [0.15, 0.2) is 53.4 Å². The molecular weight excluding hydrogens is 377 g/mol. The van der Waals surface area contributed by atoms with Crippen molar-refractivity contribution in [1.29, 1.82) is 0 Å². The normalized spacial score (nSPS) is 11.3. The lowest BCUT2D eigenvalue weighted by Gasteiger charge is -2.07. The molecule has 2 aromatic carbocycles. The fourth-order valence-electron chi connectivity index (χ4n) is 1.46. The maximum absolute atomic E-state index is 12.0. The van der Waals surface area contributed by atoms with Crippen LogP contribution < -0.4 is 9.92 Å². The standard InChI is InChI=1S/C13H12INO3S/c14-11-3-7-13(8-4-11)19(16,17)18-12-5-1-10(9-15)2-6-12/h1-8H,9,15H2. The highest BCUT2D eigenvalue weighted by molar-refractivity contribution is 14.1. The first-order valence-electron chi connectivity index (χ1n) is 5.50. The van der Waals surface area contributed by atoms with Crippen LogP contribution >= 0.6 is 22.6 Å². The Hall–Kier alpha value is -1.12. The van der Waals surface area contributed by atoms with Crippen molar-refractivity contribution in [2.24, 2.45) is 5.73 Å². The smallest absolute Gasteiger partial charge is 0.339 e. The predicted octanol–water partition coefficient (Wildman–Crippen LogP) is 2.52. The van der Waals surface area contributed by atoms with Gasteiger partial charge in [0.1, 0.15) is 10.6 Å². The highest BCUT2D eigenvalue weighted by Gasteiger charge is 2.16. The lowest BCUT2D eigenvalue weighted by Crippen LogP contribution is -2.09. The first-order chi connectivity index (χ1) is 9.01. The van der Waals surface area contributed by atoms with E-state index in [0.717, 1.165) is 9.13 Å².